The number of H-pyrrole nitrogens is 1. The van der Waals surface area contributed by atoms with Gasteiger partial charge in [0.2, 0.25) is 0 Å². The quantitative estimate of drug-likeness (QED) is 0.498. The second-order valence-electron chi connectivity index (χ2n) is 5.82. The molecule has 2 N–H and O–H groups in total. The van der Waals surface area contributed by atoms with Gasteiger partial charge in [0.1, 0.15) is 6.61 Å². The summed E-state index contributed by atoms with van der Waals surface area (Å²) < 4.78 is 11.2. The van der Waals surface area contributed by atoms with Crippen LogP contribution in [-0.2, 0) is 6.61 Å². The van der Waals surface area contributed by atoms with Gasteiger partial charge in [-0.05, 0) is 42.3 Å². The highest BCUT2D eigenvalue weighted by atomic mass is 16.5. The number of hydrogen-bond acceptors (Lipinski definition) is 5. The van der Waals surface area contributed by atoms with E-state index >= 15 is 0 Å². The first kappa shape index (κ1) is 18.2. The molecule has 0 bridgehead atoms. The Kier molecular flexibility index (Phi) is 5.84. The zero-order valence-electron chi connectivity index (χ0n) is 15.1. The molecule has 0 aliphatic heterocycles. The molecule has 0 saturated carbocycles. The standard InChI is InChI=1S/C20H20N4O3/c1-14-10-17(23-22-14)20(25)24-21-12-16-8-9-18(26-2)19(11-16)27-13-15-6-4-3-5-7-15/h3-12H,13H2,1-2H3,(H,22,23)(H,24,25)/b21-12-. The molecule has 0 aliphatic carbocycles. The second kappa shape index (κ2) is 8.66. The molecular formula is C20H20N4O3. The maximum absolute atomic E-state index is 11.9. The summed E-state index contributed by atoms with van der Waals surface area (Å²) in [6.45, 7) is 2.24. The number of ether oxygens (including phenoxy) is 2. The lowest BCUT2D eigenvalue weighted by atomic mass is 10.2. The molecule has 0 aliphatic rings. The Morgan fingerprint density at radius 3 is 2.70 bits per heavy atom. The molecule has 0 spiro atoms. The van der Waals surface area contributed by atoms with Gasteiger partial charge in [-0.2, -0.15) is 10.2 Å². The van der Waals surface area contributed by atoms with Crippen molar-refractivity contribution in [3.63, 3.8) is 0 Å². The molecule has 7 nitrogen and oxygen atoms in total. The summed E-state index contributed by atoms with van der Waals surface area (Å²) >= 11 is 0. The van der Waals surface area contributed by atoms with E-state index in [0.29, 0.717) is 18.1 Å². The zero-order valence-corrected chi connectivity index (χ0v) is 15.1. The van der Waals surface area contributed by atoms with Crippen LogP contribution in [0, 0.1) is 6.92 Å². The van der Waals surface area contributed by atoms with Crippen LogP contribution >= 0.6 is 0 Å². The summed E-state index contributed by atoms with van der Waals surface area (Å²) in [5.74, 6) is 0.836. The molecule has 138 valence electrons. The van der Waals surface area contributed by atoms with Gasteiger partial charge in [-0.3, -0.25) is 9.89 Å². The first-order valence-corrected chi connectivity index (χ1v) is 8.36. The van der Waals surface area contributed by atoms with Crippen LogP contribution < -0.4 is 14.9 Å². The van der Waals surface area contributed by atoms with Gasteiger partial charge in [0.25, 0.3) is 5.91 Å². The van der Waals surface area contributed by atoms with E-state index in [-0.39, 0.29) is 11.6 Å². The molecular weight excluding hydrogens is 344 g/mol. The van der Waals surface area contributed by atoms with E-state index in [1.807, 2.05) is 43.3 Å². The van der Waals surface area contributed by atoms with E-state index in [1.54, 1.807) is 25.3 Å². The number of aromatic nitrogens is 2. The average Bonchev–Trinajstić information content (AvgIpc) is 3.14. The Morgan fingerprint density at radius 1 is 1.19 bits per heavy atom. The summed E-state index contributed by atoms with van der Waals surface area (Å²) in [5, 5.41) is 10.6. The second-order valence-corrected chi connectivity index (χ2v) is 5.82. The van der Waals surface area contributed by atoms with Gasteiger partial charge in [0.15, 0.2) is 17.2 Å². The minimum Gasteiger partial charge on any atom is -0.493 e. The Balaban J connectivity index is 1.66. The highest BCUT2D eigenvalue weighted by Gasteiger charge is 2.08. The summed E-state index contributed by atoms with van der Waals surface area (Å²) in [6.07, 6.45) is 1.53. The van der Waals surface area contributed by atoms with Crippen LogP contribution in [0.4, 0.5) is 0 Å². The maximum Gasteiger partial charge on any atom is 0.291 e. The average molecular weight is 364 g/mol. The highest BCUT2D eigenvalue weighted by Crippen LogP contribution is 2.28. The van der Waals surface area contributed by atoms with Crippen molar-refractivity contribution in [1.82, 2.24) is 15.6 Å². The summed E-state index contributed by atoms with van der Waals surface area (Å²) in [4.78, 5) is 11.9. The Morgan fingerprint density at radius 2 is 2.00 bits per heavy atom. The summed E-state index contributed by atoms with van der Waals surface area (Å²) in [6, 6.07) is 16.9. The van der Waals surface area contributed by atoms with Crippen molar-refractivity contribution >= 4 is 12.1 Å². The van der Waals surface area contributed by atoms with Gasteiger partial charge in [-0.25, -0.2) is 5.43 Å². The van der Waals surface area contributed by atoms with Crippen molar-refractivity contribution in [2.24, 2.45) is 5.10 Å². The smallest absolute Gasteiger partial charge is 0.291 e. The molecule has 0 atom stereocenters. The normalized spacial score (nSPS) is 10.7. The third-order valence-electron chi connectivity index (χ3n) is 3.74. The zero-order chi connectivity index (χ0) is 19.1. The Bertz CT molecular complexity index is 935. The van der Waals surface area contributed by atoms with E-state index in [0.717, 1.165) is 16.8 Å². The number of aryl methyl sites for hydroxylation is 1. The maximum atomic E-state index is 11.9. The van der Waals surface area contributed by atoms with E-state index in [2.05, 4.69) is 20.7 Å². The van der Waals surface area contributed by atoms with Crippen molar-refractivity contribution in [2.75, 3.05) is 7.11 Å². The molecule has 1 amide bonds. The molecule has 3 rings (SSSR count). The number of carbonyl (C=O) groups is 1. The van der Waals surface area contributed by atoms with Gasteiger partial charge in [0.05, 0.1) is 13.3 Å². The third-order valence-corrected chi connectivity index (χ3v) is 3.74. The molecule has 1 aromatic heterocycles. The molecule has 2 aromatic carbocycles. The van der Waals surface area contributed by atoms with Crippen LogP contribution in [0.3, 0.4) is 0 Å². The van der Waals surface area contributed by atoms with E-state index in [1.165, 1.54) is 6.21 Å². The minimum atomic E-state index is -0.385. The van der Waals surface area contributed by atoms with Crippen molar-refractivity contribution in [3.05, 3.63) is 77.1 Å². The number of aromatic amines is 1. The fraction of sp³-hybridized carbons (Fsp3) is 0.150. The number of nitrogens with one attached hydrogen (secondary N) is 2. The lowest BCUT2D eigenvalue weighted by Gasteiger charge is -2.11. The van der Waals surface area contributed by atoms with Gasteiger partial charge >= 0.3 is 0 Å². The summed E-state index contributed by atoms with van der Waals surface area (Å²) in [5.41, 5.74) is 5.35. The monoisotopic (exact) mass is 364 g/mol. The topological polar surface area (TPSA) is 88.6 Å². The van der Waals surface area contributed by atoms with Crippen molar-refractivity contribution in [1.29, 1.82) is 0 Å². The van der Waals surface area contributed by atoms with E-state index < -0.39 is 0 Å². The number of carbonyl (C=O) groups excluding carboxylic acids is 1. The molecule has 0 fully saturated rings. The number of hydrogen-bond donors (Lipinski definition) is 2. The molecule has 3 aromatic rings. The third kappa shape index (κ3) is 4.94. The summed E-state index contributed by atoms with van der Waals surface area (Å²) in [7, 11) is 1.59. The molecule has 7 heteroatoms. The predicted molar refractivity (Wildman–Crippen MR) is 102 cm³/mol. The molecule has 1 heterocycles. The molecule has 0 unspecified atom stereocenters. The van der Waals surface area contributed by atoms with E-state index in [4.69, 9.17) is 9.47 Å². The number of hydrazone groups is 1. The minimum absolute atomic E-state index is 0.284. The molecule has 0 saturated heterocycles. The number of methoxy groups -OCH3 is 1. The van der Waals surface area contributed by atoms with Crippen molar-refractivity contribution in [3.8, 4) is 11.5 Å². The van der Waals surface area contributed by atoms with Crippen LogP contribution in [0.25, 0.3) is 0 Å². The van der Waals surface area contributed by atoms with Crippen LogP contribution in [0.1, 0.15) is 27.3 Å². The predicted octanol–water partition coefficient (Wildman–Crippen LogP) is 3.07. The van der Waals surface area contributed by atoms with Crippen LogP contribution in [0.5, 0.6) is 11.5 Å². The van der Waals surface area contributed by atoms with Crippen molar-refractivity contribution in [2.45, 2.75) is 13.5 Å². The Labute approximate surface area is 157 Å². The van der Waals surface area contributed by atoms with Crippen molar-refractivity contribution < 1.29 is 14.3 Å². The van der Waals surface area contributed by atoms with Crippen LogP contribution in [-0.4, -0.2) is 29.4 Å². The lowest BCUT2D eigenvalue weighted by molar-refractivity contribution is 0.0950. The van der Waals surface area contributed by atoms with Gasteiger partial charge in [0, 0.05) is 5.69 Å². The number of rotatable bonds is 7. The molecule has 27 heavy (non-hydrogen) atoms. The fourth-order valence-corrected chi connectivity index (χ4v) is 2.38. The van der Waals surface area contributed by atoms with Gasteiger partial charge in [-0.1, -0.05) is 30.3 Å². The van der Waals surface area contributed by atoms with Gasteiger partial charge < -0.3 is 9.47 Å². The first-order valence-electron chi connectivity index (χ1n) is 8.36. The van der Waals surface area contributed by atoms with E-state index in [9.17, 15) is 4.79 Å². The number of nitrogens with zero attached hydrogens (tertiary/aromatic N) is 2. The SMILES string of the molecule is COc1ccc(/C=N\NC(=O)c2cc(C)[nH]n2)cc1OCc1ccccc1. The first-order chi connectivity index (χ1) is 13.2. The van der Waals surface area contributed by atoms with Gasteiger partial charge in [-0.15, -0.1) is 0 Å². The molecule has 0 radical (unpaired) electrons. The fourth-order valence-electron chi connectivity index (χ4n) is 2.38. The lowest BCUT2D eigenvalue weighted by Crippen LogP contribution is -2.18. The van der Waals surface area contributed by atoms with Crippen LogP contribution in [0.2, 0.25) is 0 Å². The largest absolute Gasteiger partial charge is 0.493 e. The number of benzene rings is 2. The highest BCUT2D eigenvalue weighted by molar-refractivity contribution is 5.93. The van der Waals surface area contributed by atoms with Crippen LogP contribution in [0.15, 0.2) is 59.7 Å². The number of amides is 1. The Hall–Kier alpha value is -3.61.